The highest BCUT2D eigenvalue weighted by Crippen LogP contribution is 2.31. The molecule has 1 heterocycles. The van der Waals surface area contributed by atoms with Gasteiger partial charge in [0.25, 0.3) is 0 Å². The summed E-state index contributed by atoms with van der Waals surface area (Å²) >= 11 is 1.58. The van der Waals surface area contributed by atoms with E-state index in [0.717, 1.165) is 16.0 Å². The van der Waals surface area contributed by atoms with E-state index in [4.69, 9.17) is 10.5 Å². The predicted octanol–water partition coefficient (Wildman–Crippen LogP) is 2.28. The van der Waals surface area contributed by atoms with Gasteiger partial charge in [-0.05, 0) is 19.1 Å². The molecule has 0 fully saturated rings. The van der Waals surface area contributed by atoms with Crippen molar-refractivity contribution < 1.29 is 4.74 Å². The van der Waals surface area contributed by atoms with Gasteiger partial charge in [-0.2, -0.15) is 0 Å². The van der Waals surface area contributed by atoms with E-state index < -0.39 is 0 Å². The molecule has 0 amide bonds. The highest BCUT2D eigenvalue weighted by atomic mass is 32.1. The highest BCUT2D eigenvalue weighted by Gasteiger charge is 2.06. The number of aromatic nitrogens is 1. The number of anilines is 1. The van der Waals surface area contributed by atoms with Crippen molar-refractivity contribution >= 4 is 27.2 Å². The predicted molar refractivity (Wildman–Crippen MR) is 55.2 cm³/mol. The molecule has 2 rings (SSSR count). The average molecular weight is 194 g/mol. The first kappa shape index (κ1) is 8.31. The van der Waals surface area contributed by atoms with Crippen LogP contribution in [0.4, 0.5) is 5.69 Å². The Bertz CT molecular complexity index is 424. The zero-order valence-corrected chi connectivity index (χ0v) is 8.10. The molecule has 0 atom stereocenters. The normalized spacial score (nSPS) is 10.5. The van der Waals surface area contributed by atoms with E-state index in [1.807, 2.05) is 19.1 Å². The molecule has 0 aliphatic heterocycles. The standard InChI is InChI=1S/C9H10N2OS/c1-2-12-6-3-4-7-9(8(6)10)11-5-13-7/h3-5H,2,10H2,1H3. The van der Waals surface area contributed by atoms with E-state index in [1.165, 1.54) is 0 Å². The van der Waals surface area contributed by atoms with Crippen LogP contribution in [0.25, 0.3) is 10.2 Å². The van der Waals surface area contributed by atoms with Crippen molar-refractivity contribution in [3.8, 4) is 5.75 Å². The molecule has 0 aliphatic carbocycles. The van der Waals surface area contributed by atoms with E-state index in [2.05, 4.69) is 4.98 Å². The Kier molecular flexibility index (Phi) is 2.06. The van der Waals surface area contributed by atoms with Crippen molar-refractivity contribution in [3.63, 3.8) is 0 Å². The average Bonchev–Trinajstić information content (AvgIpc) is 2.58. The van der Waals surface area contributed by atoms with Gasteiger partial charge in [-0.15, -0.1) is 11.3 Å². The van der Waals surface area contributed by atoms with Crippen LogP contribution in [0, 0.1) is 0 Å². The number of fused-ring (bicyclic) bond motifs is 1. The molecule has 0 bridgehead atoms. The molecule has 0 saturated carbocycles. The van der Waals surface area contributed by atoms with Gasteiger partial charge in [-0.1, -0.05) is 0 Å². The largest absolute Gasteiger partial charge is 0.492 e. The smallest absolute Gasteiger partial charge is 0.144 e. The first-order chi connectivity index (χ1) is 6.33. The SMILES string of the molecule is CCOc1ccc2scnc2c1N. The van der Waals surface area contributed by atoms with Crippen LogP contribution in [-0.4, -0.2) is 11.6 Å². The summed E-state index contributed by atoms with van der Waals surface area (Å²) in [5.74, 6) is 0.723. The molecule has 1 aromatic heterocycles. The Labute approximate surface area is 80.2 Å². The molecule has 0 saturated heterocycles. The molecule has 3 nitrogen and oxygen atoms in total. The number of rotatable bonds is 2. The minimum Gasteiger partial charge on any atom is -0.492 e. The molecule has 68 valence electrons. The maximum absolute atomic E-state index is 5.87. The molecular formula is C9H10N2OS. The van der Waals surface area contributed by atoms with Crippen LogP contribution in [-0.2, 0) is 0 Å². The summed E-state index contributed by atoms with van der Waals surface area (Å²) in [6, 6.07) is 3.87. The maximum atomic E-state index is 5.87. The molecule has 13 heavy (non-hydrogen) atoms. The second-order valence-corrected chi connectivity index (χ2v) is 3.50. The molecule has 1 aromatic carbocycles. The molecule has 0 spiro atoms. The maximum Gasteiger partial charge on any atom is 0.144 e. The van der Waals surface area contributed by atoms with Crippen molar-refractivity contribution in [1.82, 2.24) is 4.98 Å². The third-order valence-corrected chi connectivity index (χ3v) is 2.60. The van der Waals surface area contributed by atoms with Crippen LogP contribution in [0.1, 0.15) is 6.92 Å². The van der Waals surface area contributed by atoms with Crippen molar-refractivity contribution in [3.05, 3.63) is 17.6 Å². The van der Waals surface area contributed by atoms with Crippen molar-refractivity contribution in [2.75, 3.05) is 12.3 Å². The van der Waals surface area contributed by atoms with E-state index >= 15 is 0 Å². The van der Waals surface area contributed by atoms with Crippen LogP contribution < -0.4 is 10.5 Å². The Balaban J connectivity index is 2.59. The molecule has 0 radical (unpaired) electrons. The van der Waals surface area contributed by atoms with Crippen LogP contribution in [0.5, 0.6) is 5.75 Å². The Morgan fingerprint density at radius 2 is 2.38 bits per heavy atom. The fraction of sp³-hybridized carbons (Fsp3) is 0.222. The number of nitrogens with zero attached hydrogens (tertiary/aromatic N) is 1. The summed E-state index contributed by atoms with van der Waals surface area (Å²) in [4.78, 5) is 4.17. The summed E-state index contributed by atoms with van der Waals surface area (Å²) in [6.07, 6.45) is 0. The number of hydrogen-bond donors (Lipinski definition) is 1. The zero-order chi connectivity index (χ0) is 9.26. The van der Waals surface area contributed by atoms with Gasteiger partial charge in [-0.25, -0.2) is 4.98 Å². The number of thiazole rings is 1. The van der Waals surface area contributed by atoms with Crippen molar-refractivity contribution in [1.29, 1.82) is 0 Å². The number of ether oxygens (including phenoxy) is 1. The summed E-state index contributed by atoms with van der Waals surface area (Å²) < 4.78 is 6.45. The minimum atomic E-state index is 0.625. The van der Waals surface area contributed by atoms with Crippen LogP contribution in [0.2, 0.25) is 0 Å². The molecule has 2 aromatic rings. The number of hydrogen-bond acceptors (Lipinski definition) is 4. The summed E-state index contributed by atoms with van der Waals surface area (Å²) in [5.41, 5.74) is 9.14. The fourth-order valence-corrected chi connectivity index (χ4v) is 1.91. The molecule has 0 unspecified atom stereocenters. The van der Waals surface area contributed by atoms with Crippen molar-refractivity contribution in [2.24, 2.45) is 0 Å². The lowest BCUT2D eigenvalue weighted by atomic mass is 10.2. The van der Waals surface area contributed by atoms with Crippen LogP contribution >= 0.6 is 11.3 Å². The first-order valence-corrected chi connectivity index (χ1v) is 4.95. The summed E-state index contributed by atoms with van der Waals surface area (Å²) in [7, 11) is 0. The van der Waals surface area contributed by atoms with Gasteiger partial charge < -0.3 is 10.5 Å². The first-order valence-electron chi connectivity index (χ1n) is 4.07. The number of nitrogen functional groups attached to an aromatic ring is 1. The Hall–Kier alpha value is -1.29. The molecule has 4 heteroatoms. The van der Waals surface area contributed by atoms with Crippen molar-refractivity contribution in [2.45, 2.75) is 6.92 Å². The van der Waals surface area contributed by atoms with Gasteiger partial charge in [0.1, 0.15) is 17.0 Å². The third kappa shape index (κ3) is 1.33. The van der Waals surface area contributed by atoms with Gasteiger partial charge in [0, 0.05) is 0 Å². The third-order valence-electron chi connectivity index (χ3n) is 1.80. The second-order valence-electron chi connectivity index (χ2n) is 2.61. The Morgan fingerprint density at radius 3 is 3.15 bits per heavy atom. The van der Waals surface area contributed by atoms with Gasteiger partial charge in [0.05, 0.1) is 16.8 Å². The van der Waals surface area contributed by atoms with E-state index in [1.54, 1.807) is 16.8 Å². The number of benzene rings is 1. The molecular weight excluding hydrogens is 184 g/mol. The summed E-state index contributed by atoms with van der Waals surface area (Å²) in [5, 5.41) is 0. The van der Waals surface area contributed by atoms with Gasteiger partial charge >= 0.3 is 0 Å². The number of nitrogens with two attached hydrogens (primary N) is 1. The quantitative estimate of drug-likeness (QED) is 0.746. The topological polar surface area (TPSA) is 48.1 Å². The zero-order valence-electron chi connectivity index (χ0n) is 7.28. The highest BCUT2D eigenvalue weighted by molar-refractivity contribution is 7.16. The molecule has 0 aliphatic rings. The summed E-state index contributed by atoms with van der Waals surface area (Å²) in [6.45, 7) is 2.56. The van der Waals surface area contributed by atoms with E-state index in [-0.39, 0.29) is 0 Å². The lowest BCUT2D eigenvalue weighted by Crippen LogP contribution is -1.96. The van der Waals surface area contributed by atoms with E-state index in [9.17, 15) is 0 Å². The fourth-order valence-electron chi connectivity index (χ4n) is 1.21. The minimum absolute atomic E-state index is 0.625. The monoisotopic (exact) mass is 194 g/mol. The van der Waals surface area contributed by atoms with Gasteiger partial charge in [-0.3, -0.25) is 0 Å². The van der Waals surface area contributed by atoms with E-state index in [0.29, 0.717) is 12.3 Å². The van der Waals surface area contributed by atoms with Gasteiger partial charge in [0.15, 0.2) is 0 Å². The van der Waals surface area contributed by atoms with Gasteiger partial charge in [0.2, 0.25) is 0 Å². The van der Waals surface area contributed by atoms with Crippen LogP contribution in [0.3, 0.4) is 0 Å². The lowest BCUT2D eigenvalue weighted by Gasteiger charge is -2.05. The Morgan fingerprint density at radius 1 is 1.54 bits per heavy atom. The molecule has 2 N–H and O–H groups in total. The lowest BCUT2D eigenvalue weighted by molar-refractivity contribution is 0.342. The van der Waals surface area contributed by atoms with Crippen LogP contribution in [0.15, 0.2) is 17.6 Å². The second kappa shape index (κ2) is 3.22.